The lowest BCUT2D eigenvalue weighted by atomic mass is 10.0. The van der Waals surface area contributed by atoms with Gasteiger partial charge >= 0.3 is 0 Å². The SMILES string of the molecule is CC(C)(C)NSc1ccc(NC(=O)[C@H](Cc2ccc(F)cc2)NC(=O)c2ccc(F)cc2)cc1. The van der Waals surface area contributed by atoms with Gasteiger partial charge in [0.2, 0.25) is 5.91 Å². The number of halogens is 2. The maximum atomic E-state index is 13.3. The predicted molar refractivity (Wildman–Crippen MR) is 132 cm³/mol. The van der Waals surface area contributed by atoms with Crippen LogP contribution in [0, 0.1) is 11.6 Å². The van der Waals surface area contributed by atoms with Crippen molar-refractivity contribution in [3.63, 3.8) is 0 Å². The molecule has 0 bridgehead atoms. The first-order valence-corrected chi connectivity index (χ1v) is 11.6. The largest absolute Gasteiger partial charge is 0.340 e. The monoisotopic (exact) mass is 483 g/mol. The molecule has 0 spiro atoms. The molecule has 8 heteroatoms. The summed E-state index contributed by atoms with van der Waals surface area (Å²) in [4.78, 5) is 26.7. The van der Waals surface area contributed by atoms with Gasteiger partial charge in [0, 0.05) is 28.1 Å². The number of rotatable bonds is 8. The lowest BCUT2D eigenvalue weighted by Crippen LogP contribution is -2.45. The second-order valence-corrected chi connectivity index (χ2v) is 9.71. The second kappa shape index (κ2) is 11.3. The van der Waals surface area contributed by atoms with Crippen molar-refractivity contribution in [2.75, 3.05) is 5.32 Å². The zero-order valence-corrected chi connectivity index (χ0v) is 20.0. The van der Waals surface area contributed by atoms with E-state index in [9.17, 15) is 18.4 Å². The Morgan fingerprint density at radius 3 is 1.97 bits per heavy atom. The van der Waals surface area contributed by atoms with Crippen LogP contribution in [0.3, 0.4) is 0 Å². The molecule has 0 aliphatic rings. The number of benzene rings is 3. The van der Waals surface area contributed by atoms with Crippen molar-refractivity contribution in [1.82, 2.24) is 10.0 Å². The highest BCUT2D eigenvalue weighted by Gasteiger charge is 2.22. The minimum atomic E-state index is -0.931. The molecular formula is C26H27F2N3O2S. The van der Waals surface area contributed by atoms with Crippen LogP contribution in [-0.4, -0.2) is 23.4 Å². The first-order chi connectivity index (χ1) is 16.1. The Balaban J connectivity index is 1.72. The number of nitrogens with one attached hydrogen (secondary N) is 3. The van der Waals surface area contributed by atoms with Gasteiger partial charge in [-0.3, -0.25) is 14.3 Å². The lowest BCUT2D eigenvalue weighted by Gasteiger charge is -2.20. The molecule has 3 aromatic carbocycles. The second-order valence-electron chi connectivity index (χ2n) is 8.83. The van der Waals surface area contributed by atoms with Crippen LogP contribution >= 0.6 is 11.9 Å². The highest BCUT2D eigenvalue weighted by atomic mass is 32.2. The number of carbonyl (C=O) groups is 2. The third kappa shape index (κ3) is 7.97. The van der Waals surface area contributed by atoms with Gasteiger partial charge in [-0.15, -0.1) is 0 Å². The molecule has 3 N–H and O–H groups in total. The Morgan fingerprint density at radius 2 is 1.41 bits per heavy atom. The zero-order chi connectivity index (χ0) is 24.7. The number of carbonyl (C=O) groups excluding carboxylic acids is 2. The normalized spacial score (nSPS) is 12.1. The summed E-state index contributed by atoms with van der Waals surface area (Å²) in [6.07, 6.45) is 0.155. The molecule has 0 aromatic heterocycles. The first kappa shape index (κ1) is 25.4. The summed E-state index contributed by atoms with van der Waals surface area (Å²) in [5.74, 6) is -1.79. The van der Waals surface area contributed by atoms with E-state index in [4.69, 9.17) is 0 Å². The minimum absolute atomic E-state index is 0.0478. The highest BCUT2D eigenvalue weighted by Crippen LogP contribution is 2.21. The third-order valence-electron chi connectivity index (χ3n) is 4.68. The van der Waals surface area contributed by atoms with Gasteiger partial charge in [0.15, 0.2) is 0 Å². The molecule has 0 heterocycles. The predicted octanol–water partition coefficient (Wildman–Crippen LogP) is 5.34. The molecule has 34 heavy (non-hydrogen) atoms. The van der Waals surface area contributed by atoms with E-state index < -0.39 is 23.7 Å². The van der Waals surface area contributed by atoms with E-state index in [0.717, 1.165) is 4.90 Å². The zero-order valence-electron chi connectivity index (χ0n) is 19.2. The third-order valence-corrected chi connectivity index (χ3v) is 5.90. The van der Waals surface area contributed by atoms with Crippen molar-refractivity contribution in [3.05, 3.63) is 95.6 Å². The van der Waals surface area contributed by atoms with Gasteiger partial charge < -0.3 is 10.6 Å². The van der Waals surface area contributed by atoms with Gasteiger partial charge in [-0.05, 0) is 98.9 Å². The summed E-state index contributed by atoms with van der Waals surface area (Å²) in [5, 5.41) is 5.52. The van der Waals surface area contributed by atoms with Crippen LogP contribution in [0.15, 0.2) is 77.7 Å². The van der Waals surface area contributed by atoms with Gasteiger partial charge in [0.1, 0.15) is 17.7 Å². The molecule has 0 radical (unpaired) electrons. The van der Waals surface area contributed by atoms with Gasteiger partial charge in [-0.1, -0.05) is 12.1 Å². The van der Waals surface area contributed by atoms with E-state index in [0.29, 0.717) is 11.3 Å². The topological polar surface area (TPSA) is 70.2 Å². The lowest BCUT2D eigenvalue weighted by molar-refractivity contribution is -0.118. The van der Waals surface area contributed by atoms with Crippen molar-refractivity contribution in [3.8, 4) is 0 Å². The number of anilines is 1. The van der Waals surface area contributed by atoms with Crippen LogP contribution in [-0.2, 0) is 11.2 Å². The molecule has 0 aliphatic heterocycles. The Labute approximate surface area is 202 Å². The summed E-state index contributed by atoms with van der Waals surface area (Å²) in [6.45, 7) is 6.20. The average Bonchev–Trinajstić information content (AvgIpc) is 2.79. The van der Waals surface area contributed by atoms with Gasteiger partial charge in [0.25, 0.3) is 5.91 Å². The minimum Gasteiger partial charge on any atom is -0.340 e. The van der Waals surface area contributed by atoms with Gasteiger partial charge in [-0.25, -0.2) is 8.78 Å². The van der Waals surface area contributed by atoms with Crippen molar-refractivity contribution in [1.29, 1.82) is 0 Å². The summed E-state index contributed by atoms with van der Waals surface area (Å²) in [5.41, 5.74) is 1.44. The number of hydrogen-bond acceptors (Lipinski definition) is 4. The van der Waals surface area contributed by atoms with Crippen LogP contribution in [0.25, 0.3) is 0 Å². The average molecular weight is 484 g/mol. The maximum Gasteiger partial charge on any atom is 0.251 e. The van der Waals surface area contributed by atoms with Crippen molar-refractivity contribution < 1.29 is 18.4 Å². The van der Waals surface area contributed by atoms with Crippen LogP contribution in [0.5, 0.6) is 0 Å². The fourth-order valence-electron chi connectivity index (χ4n) is 2.96. The van der Waals surface area contributed by atoms with Gasteiger partial charge in [-0.2, -0.15) is 0 Å². The standard InChI is InChI=1S/C26H27F2N3O2S/c1-26(2,3)31-34-22-14-12-21(13-15-22)29-25(33)23(16-17-4-8-19(27)9-5-17)30-24(32)18-6-10-20(28)11-7-18/h4-15,23,31H,16H2,1-3H3,(H,29,33)(H,30,32)/t23-/m0/s1. The van der Waals surface area contributed by atoms with Crippen LogP contribution < -0.4 is 15.4 Å². The van der Waals surface area contributed by atoms with Crippen LogP contribution in [0.4, 0.5) is 14.5 Å². The van der Waals surface area contributed by atoms with Crippen molar-refractivity contribution >= 4 is 29.4 Å². The molecule has 0 aliphatic carbocycles. The highest BCUT2D eigenvalue weighted by molar-refractivity contribution is 7.97. The first-order valence-electron chi connectivity index (χ1n) is 10.7. The Hall–Kier alpha value is -3.23. The molecule has 2 amide bonds. The molecule has 3 rings (SSSR count). The molecule has 1 atom stereocenters. The fraction of sp³-hybridized carbons (Fsp3) is 0.231. The van der Waals surface area contributed by atoms with E-state index in [2.05, 4.69) is 36.1 Å². The van der Waals surface area contributed by atoms with E-state index in [1.807, 2.05) is 12.1 Å². The Kier molecular flexibility index (Phi) is 8.41. The van der Waals surface area contributed by atoms with E-state index >= 15 is 0 Å². The Bertz CT molecular complexity index is 1110. The summed E-state index contributed by atoms with van der Waals surface area (Å²) < 4.78 is 29.8. The van der Waals surface area contributed by atoms with Crippen molar-refractivity contribution in [2.24, 2.45) is 0 Å². The van der Waals surface area contributed by atoms with E-state index in [1.165, 1.54) is 48.3 Å². The summed E-state index contributed by atoms with van der Waals surface area (Å²) in [6, 6.07) is 17.2. The van der Waals surface area contributed by atoms with Crippen LogP contribution in [0.2, 0.25) is 0 Å². The fourth-order valence-corrected chi connectivity index (χ4v) is 3.65. The smallest absolute Gasteiger partial charge is 0.251 e. The molecule has 3 aromatic rings. The molecule has 178 valence electrons. The van der Waals surface area contributed by atoms with Crippen LogP contribution in [0.1, 0.15) is 36.7 Å². The number of hydrogen-bond donors (Lipinski definition) is 3. The van der Waals surface area contributed by atoms with E-state index in [-0.39, 0.29) is 23.3 Å². The molecule has 0 fully saturated rings. The summed E-state index contributed by atoms with van der Waals surface area (Å²) in [7, 11) is 0. The molecule has 0 saturated heterocycles. The quantitative estimate of drug-likeness (QED) is 0.378. The van der Waals surface area contributed by atoms with Gasteiger partial charge in [0.05, 0.1) is 0 Å². The summed E-state index contributed by atoms with van der Waals surface area (Å²) >= 11 is 1.49. The Morgan fingerprint density at radius 1 is 0.853 bits per heavy atom. The maximum absolute atomic E-state index is 13.3. The number of amides is 2. The molecular weight excluding hydrogens is 456 g/mol. The molecule has 0 saturated carbocycles. The molecule has 5 nitrogen and oxygen atoms in total. The van der Waals surface area contributed by atoms with Crippen molar-refractivity contribution in [2.45, 2.75) is 43.7 Å². The van der Waals surface area contributed by atoms with E-state index in [1.54, 1.807) is 24.3 Å². The molecule has 0 unspecified atom stereocenters.